The molecule has 0 aliphatic carbocycles. The smallest absolute Gasteiger partial charge is 0.162 e. The van der Waals surface area contributed by atoms with E-state index in [9.17, 15) is 0 Å². The van der Waals surface area contributed by atoms with Crippen molar-refractivity contribution in [1.29, 1.82) is 0 Å². The van der Waals surface area contributed by atoms with Gasteiger partial charge in [0.25, 0.3) is 0 Å². The summed E-state index contributed by atoms with van der Waals surface area (Å²) in [6.45, 7) is 3.60. The molecule has 1 unspecified atom stereocenters. The molecule has 1 aromatic rings. The average Bonchev–Trinajstić information content (AvgIpc) is 2.37. The quantitative estimate of drug-likeness (QED) is 0.728. The highest BCUT2D eigenvalue weighted by molar-refractivity contribution is 5.72. The maximum Gasteiger partial charge on any atom is 0.162 e. The highest BCUT2D eigenvalue weighted by Gasteiger charge is 2.10. The Morgan fingerprint density at radius 1 is 1.17 bits per heavy atom. The van der Waals surface area contributed by atoms with Crippen molar-refractivity contribution in [3.05, 3.63) is 12.1 Å². The summed E-state index contributed by atoms with van der Waals surface area (Å²) in [6.07, 6.45) is 0. The van der Waals surface area contributed by atoms with Crippen LogP contribution in [0.1, 0.15) is 6.92 Å². The zero-order valence-corrected chi connectivity index (χ0v) is 11.4. The van der Waals surface area contributed by atoms with Gasteiger partial charge in [-0.15, -0.1) is 0 Å². The van der Waals surface area contributed by atoms with Crippen LogP contribution in [-0.2, 0) is 4.74 Å². The predicted molar refractivity (Wildman–Crippen MR) is 73.5 cm³/mol. The van der Waals surface area contributed by atoms with Crippen molar-refractivity contribution < 1.29 is 14.2 Å². The molecule has 102 valence electrons. The Bertz CT molecular complexity index is 383. The lowest BCUT2D eigenvalue weighted by molar-refractivity contribution is 0.164. The highest BCUT2D eigenvalue weighted by atomic mass is 16.5. The monoisotopic (exact) mass is 254 g/mol. The molecule has 0 saturated heterocycles. The molecule has 5 nitrogen and oxygen atoms in total. The van der Waals surface area contributed by atoms with E-state index in [1.807, 2.05) is 6.07 Å². The van der Waals surface area contributed by atoms with Gasteiger partial charge in [0, 0.05) is 25.8 Å². The van der Waals surface area contributed by atoms with Crippen molar-refractivity contribution >= 4 is 11.4 Å². The Kier molecular flexibility index (Phi) is 5.58. The molecule has 0 fully saturated rings. The van der Waals surface area contributed by atoms with Crippen LogP contribution in [0.5, 0.6) is 11.5 Å². The number of anilines is 2. The second kappa shape index (κ2) is 6.96. The van der Waals surface area contributed by atoms with Gasteiger partial charge < -0.3 is 25.3 Å². The fraction of sp³-hybridized carbons (Fsp3) is 0.538. The van der Waals surface area contributed by atoms with Crippen LogP contribution in [0.25, 0.3) is 0 Å². The lowest BCUT2D eigenvalue weighted by atomic mass is 10.2. The van der Waals surface area contributed by atoms with Gasteiger partial charge in [-0.2, -0.15) is 0 Å². The van der Waals surface area contributed by atoms with Gasteiger partial charge in [0.1, 0.15) is 0 Å². The van der Waals surface area contributed by atoms with E-state index in [2.05, 4.69) is 12.2 Å². The molecule has 1 atom stereocenters. The second-order valence-corrected chi connectivity index (χ2v) is 4.24. The number of nitrogens with one attached hydrogen (secondary N) is 1. The molecule has 0 radical (unpaired) electrons. The van der Waals surface area contributed by atoms with Crippen molar-refractivity contribution in [3.63, 3.8) is 0 Å². The van der Waals surface area contributed by atoms with Crippen LogP contribution in [0.2, 0.25) is 0 Å². The third-order valence-corrected chi connectivity index (χ3v) is 2.65. The molecule has 0 aliphatic heterocycles. The van der Waals surface area contributed by atoms with Gasteiger partial charge in [0.2, 0.25) is 0 Å². The Morgan fingerprint density at radius 3 is 2.33 bits per heavy atom. The Balaban J connectivity index is 2.76. The summed E-state index contributed by atoms with van der Waals surface area (Å²) < 4.78 is 15.5. The molecule has 0 spiro atoms. The first kappa shape index (κ1) is 14.4. The van der Waals surface area contributed by atoms with Crippen LogP contribution in [0.15, 0.2) is 12.1 Å². The first-order valence-electron chi connectivity index (χ1n) is 5.86. The number of rotatable bonds is 7. The molecule has 18 heavy (non-hydrogen) atoms. The lowest BCUT2D eigenvalue weighted by Gasteiger charge is -2.16. The van der Waals surface area contributed by atoms with Gasteiger partial charge in [-0.25, -0.2) is 0 Å². The summed E-state index contributed by atoms with van der Waals surface area (Å²) in [4.78, 5) is 0. The number of ether oxygens (including phenoxy) is 3. The van der Waals surface area contributed by atoms with Gasteiger partial charge in [-0.1, -0.05) is 6.92 Å². The number of nitrogens with two attached hydrogens (primary N) is 1. The van der Waals surface area contributed by atoms with Crippen LogP contribution in [0.3, 0.4) is 0 Å². The zero-order valence-electron chi connectivity index (χ0n) is 11.4. The van der Waals surface area contributed by atoms with E-state index < -0.39 is 0 Å². The van der Waals surface area contributed by atoms with E-state index in [0.717, 1.165) is 12.2 Å². The number of hydrogen-bond acceptors (Lipinski definition) is 5. The molecule has 1 aromatic carbocycles. The van der Waals surface area contributed by atoms with Gasteiger partial charge in [0.15, 0.2) is 11.5 Å². The maximum atomic E-state index is 5.95. The first-order chi connectivity index (χ1) is 8.62. The molecule has 1 rings (SSSR count). The molecular formula is C13H22N2O3. The minimum absolute atomic E-state index is 0.405. The maximum absolute atomic E-state index is 5.95. The fourth-order valence-electron chi connectivity index (χ4n) is 1.68. The molecule has 0 aliphatic rings. The number of nitrogen functional groups attached to an aromatic ring is 1. The normalized spacial score (nSPS) is 12.0. The molecule has 0 amide bonds. The molecule has 0 aromatic heterocycles. The third-order valence-electron chi connectivity index (χ3n) is 2.65. The SMILES string of the molecule is COCC(C)CNc1cc(OC)c(OC)cc1N. The van der Waals surface area contributed by atoms with Crippen molar-refractivity contribution in [1.82, 2.24) is 0 Å². The van der Waals surface area contributed by atoms with Gasteiger partial charge in [-0.05, 0) is 5.92 Å². The number of methoxy groups -OCH3 is 3. The number of benzene rings is 1. The lowest BCUT2D eigenvalue weighted by Crippen LogP contribution is -2.16. The summed E-state index contributed by atoms with van der Waals surface area (Å²) in [5, 5.41) is 3.28. The highest BCUT2D eigenvalue weighted by Crippen LogP contribution is 2.34. The van der Waals surface area contributed by atoms with E-state index in [-0.39, 0.29) is 0 Å². The van der Waals surface area contributed by atoms with Crippen LogP contribution < -0.4 is 20.5 Å². The van der Waals surface area contributed by atoms with E-state index in [0.29, 0.717) is 29.7 Å². The molecule has 5 heteroatoms. The van der Waals surface area contributed by atoms with E-state index >= 15 is 0 Å². The second-order valence-electron chi connectivity index (χ2n) is 4.24. The fourth-order valence-corrected chi connectivity index (χ4v) is 1.68. The van der Waals surface area contributed by atoms with Gasteiger partial charge in [-0.3, -0.25) is 0 Å². The standard InChI is InChI=1S/C13H22N2O3/c1-9(8-16-2)7-15-11-6-13(18-4)12(17-3)5-10(11)14/h5-6,9,15H,7-8,14H2,1-4H3. The van der Waals surface area contributed by atoms with Gasteiger partial charge >= 0.3 is 0 Å². The zero-order chi connectivity index (χ0) is 13.5. The van der Waals surface area contributed by atoms with Crippen LogP contribution in [0.4, 0.5) is 11.4 Å². The number of hydrogen-bond donors (Lipinski definition) is 2. The van der Waals surface area contributed by atoms with Crippen LogP contribution in [0, 0.1) is 5.92 Å². The predicted octanol–water partition coefficient (Wildman–Crippen LogP) is 1.98. The van der Waals surface area contributed by atoms with E-state index in [1.165, 1.54) is 0 Å². The summed E-state index contributed by atoms with van der Waals surface area (Å²) in [7, 11) is 4.89. The Labute approximate surface area is 108 Å². The Morgan fingerprint density at radius 2 is 1.78 bits per heavy atom. The molecule has 0 bridgehead atoms. The molecular weight excluding hydrogens is 232 g/mol. The average molecular weight is 254 g/mol. The summed E-state index contributed by atoms with van der Waals surface area (Å²) in [5.74, 6) is 1.70. The third kappa shape index (κ3) is 3.70. The van der Waals surface area contributed by atoms with Crippen molar-refractivity contribution in [2.24, 2.45) is 5.92 Å². The van der Waals surface area contributed by atoms with Crippen molar-refractivity contribution in [3.8, 4) is 11.5 Å². The summed E-state index contributed by atoms with van der Waals surface area (Å²) in [5.41, 5.74) is 7.43. The van der Waals surface area contributed by atoms with Crippen LogP contribution >= 0.6 is 0 Å². The minimum atomic E-state index is 0.405. The first-order valence-corrected chi connectivity index (χ1v) is 5.86. The Hall–Kier alpha value is -1.62. The molecule has 0 heterocycles. The largest absolute Gasteiger partial charge is 0.493 e. The van der Waals surface area contributed by atoms with Crippen molar-refractivity contribution in [2.45, 2.75) is 6.92 Å². The van der Waals surface area contributed by atoms with Crippen molar-refractivity contribution in [2.75, 3.05) is 45.5 Å². The molecule has 0 saturated carbocycles. The topological polar surface area (TPSA) is 65.7 Å². The van der Waals surface area contributed by atoms with E-state index in [4.69, 9.17) is 19.9 Å². The summed E-state index contributed by atoms with van der Waals surface area (Å²) >= 11 is 0. The van der Waals surface area contributed by atoms with Crippen LogP contribution in [-0.4, -0.2) is 34.5 Å². The molecule has 3 N–H and O–H groups in total. The minimum Gasteiger partial charge on any atom is -0.493 e. The summed E-state index contributed by atoms with van der Waals surface area (Å²) in [6, 6.07) is 3.59. The van der Waals surface area contributed by atoms with Gasteiger partial charge in [0.05, 0.1) is 32.2 Å². The van der Waals surface area contributed by atoms with E-state index in [1.54, 1.807) is 27.4 Å².